The van der Waals surface area contributed by atoms with Crippen LogP contribution in [0.5, 0.6) is 0 Å². The van der Waals surface area contributed by atoms with Gasteiger partial charge in [0.2, 0.25) is 0 Å². The molecule has 0 aromatic heterocycles. The Hall–Kier alpha value is -3.82. The fourth-order valence-corrected chi connectivity index (χ4v) is 5.90. The van der Waals surface area contributed by atoms with Crippen molar-refractivity contribution in [3.05, 3.63) is 144 Å². The highest BCUT2D eigenvalue weighted by Crippen LogP contribution is 2.24. The topological polar surface area (TPSA) is 72.2 Å². The van der Waals surface area contributed by atoms with E-state index in [0.29, 0.717) is 10.2 Å². The standard InChI is InChI=1S/C39H50N6S2.CH4/c46-38(44-30-36(32-16-5-1-6-17-32)33-18-7-2-8-19-33)42-28-14-26-40-24-13-25-41-27-15-29-43-39(47)45-31-37(34-20-9-3-10-21-34)35-22-11-4-12-23-35;/h1-12,16-23,36-37,40-41H,13-15,24-31H2,(H2,42,44,46)(H2,43,45,47);1H4. The largest absolute Gasteiger partial charge is 0.363 e. The van der Waals surface area contributed by atoms with Crippen molar-refractivity contribution < 1.29 is 0 Å². The summed E-state index contributed by atoms with van der Waals surface area (Å²) in [6.07, 6.45) is 3.14. The van der Waals surface area contributed by atoms with E-state index in [0.717, 1.165) is 71.6 Å². The van der Waals surface area contributed by atoms with Crippen molar-refractivity contribution in [2.24, 2.45) is 0 Å². The van der Waals surface area contributed by atoms with Crippen molar-refractivity contribution in [3.63, 3.8) is 0 Å². The van der Waals surface area contributed by atoms with Crippen LogP contribution in [-0.2, 0) is 0 Å². The minimum absolute atomic E-state index is 0. The molecule has 0 atom stereocenters. The summed E-state index contributed by atoms with van der Waals surface area (Å²) in [4.78, 5) is 0. The Labute approximate surface area is 299 Å². The van der Waals surface area contributed by atoms with Gasteiger partial charge in [-0.1, -0.05) is 129 Å². The molecular formula is C40H54N6S2. The molecule has 8 heteroatoms. The summed E-state index contributed by atoms with van der Waals surface area (Å²) in [5.41, 5.74) is 5.14. The molecule has 0 aliphatic rings. The van der Waals surface area contributed by atoms with Crippen molar-refractivity contribution in [1.29, 1.82) is 0 Å². The fraction of sp³-hybridized carbons (Fsp3) is 0.350. The number of thiocarbonyl (C=S) groups is 2. The van der Waals surface area contributed by atoms with Crippen molar-refractivity contribution >= 4 is 34.7 Å². The van der Waals surface area contributed by atoms with E-state index in [4.69, 9.17) is 24.4 Å². The van der Waals surface area contributed by atoms with Crippen LogP contribution in [0.3, 0.4) is 0 Å². The summed E-state index contributed by atoms with van der Waals surface area (Å²) in [6.45, 7) is 7.15. The van der Waals surface area contributed by atoms with Crippen molar-refractivity contribution in [2.75, 3.05) is 52.4 Å². The van der Waals surface area contributed by atoms with Gasteiger partial charge < -0.3 is 31.9 Å². The third-order valence-electron chi connectivity index (χ3n) is 8.08. The van der Waals surface area contributed by atoms with Crippen LogP contribution in [0.4, 0.5) is 0 Å². The molecule has 0 radical (unpaired) electrons. The van der Waals surface area contributed by atoms with E-state index in [1.54, 1.807) is 0 Å². The molecule has 6 N–H and O–H groups in total. The lowest BCUT2D eigenvalue weighted by Gasteiger charge is -2.20. The number of benzene rings is 4. The van der Waals surface area contributed by atoms with Crippen LogP contribution < -0.4 is 31.9 Å². The van der Waals surface area contributed by atoms with E-state index in [9.17, 15) is 0 Å². The van der Waals surface area contributed by atoms with Crippen LogP contribution in [0.1, 0.15) is 60.8 Å². The lowest BCUT2D eigenvalue weighted by molar-refractivity contribution is 0.571. The second-order valence-corrected chi connectivity index (χ2v) is 12.4. The lowest BCUT2D eigenvalue weighted by atomic mass is 9.91. The van der Waals surface area contributed by atoms with Crippen LogP contribution in [0, 0.1) is 0 Å². The van der Waals surface area contributed by atoms with Crippen LogP contribution in [-0.4, -0.2) is 62.6 Å². The van der Waals surface area contributed by atoms with Gasteiger partial charge in [0.25, 0.3) is 0 Å². The van der Waals surface area contributed by atoms with E-state index < -0.39 is 0 Å². The zero-order chi connectivity index (χ0) is 32.8. The first-order valence-electron chi connectivity index (χ1n) is 16.9. The number of hydrogen-bond donors (Lipinski definition) is 6. The number of rotatable bonds is 20. The lowest BCUT2D eigenvalue weighted by Crippen LogP contribution is -2.39. The predicted molar refractivity (Wildman–Crippen MR) is 213 cm³/mol. The van der Waals surface area contributed by atoms with Gasteiger partial charge in [0.05, 0.1) is 0 Å². The maximum absolute atomic E-state index is 5.56. The highest BCUT2D eigenvalue weighted by atomic mass is 32.1. The van der Waals surface area contributed by atoms with Gasteiger partial charge in [-0.3, -0.25) is 0 Å². The Balaban J connectivity index is 0.00000625. The second kappa shape index (κ2) is 23.5. The van der Waals surface area contributed by atoms with Crippen molar-refractivity contribution in [2.45, 2.75) is 38.5 Å². The van der Waals surface area contributed by atoms with Gasteiger partial charge >= 0.3 is 0 Å². The molecule has 0 saturated carbocycles. The number of hydrogen-bond acceptors (Lipinski definition) is 4. The summed E-state index contributed by atoms with van der Waals surface area (Å²) < 4.78 is 0. The summed E-state index contributed by atoms with van der Waals surface area (Å²) in [7, 11) is 0. The molecule has 0 spiro atoms. The first-order valence-corrected chi connectivity index (χ1v) is 17.7. The van der Waals surface area contributed by atoms with Crippen LogP contribution in [0.25, 0.3) is 0 Å². The molecule has 4 rings (SSSR count). The smallest absolute Gasteiger partial charge is 0.166 e. The van der Waals surface area contributed by atoms with Gasteiger partial charge in [-0.15, -0.1) is 0 Å². The Kier molecular flexibility index (Phi) is 18.9. The van der Waals surface area contributed by atoms with Crippen molar-refractivity contribution in [3.8, 4) is 0 Å². The minimum Gasteiger partial charge on any atom is -0.363 e. The van der Waals surface area contributed by atoms with E-state index >= 15 is 0 Å². The highest BCUT2D eigenvalue weighted by molar-refractivity contribution is 7.80. The third kappa shape index (κ3) is 14.5. The molecule has 4 aromatic carbocycles. The molecule has 0 unspecified atom stereocenters. The molecule has 256 valence electrons. The molecule has 0 fully saturated rings. The van der Waals surface area contributed by atoms with Crippen LogP contribution in [0.2, 0.25) is 0 Å². The average molecular weight is 683 g/mol. The van der Waals surface area contributed by atoms with Gasteiger partial charge in [0.1, 0.15) is 0 Å². The maximum atomic E-state index is 5.56. The van der Waals surface area contributed by atoms with Gasteiger partial charge in [0.15, 0.2) is 10.2 Å². The second-order valence-electron chi connectivity index (χ2n) is 11.6. The zero-order valence-corrected chi connectivity index (χ0v) is 28.9. The van der Waals surface area contributed by atoms with E-state index in [2.05, 4.69) is 153 Å². The first kappa shape index (κ1) is 38.6. The molecule has 0 aliphatic carbocycles. The molecule has 0 aliphatic heterocycles. The Morgan fingerprint density at radius 3 is 0.958 bits per heavy atom. The molecule has 0 saturated heterocycles. The van der Waals surface area contributed by atoms with E-state index in [1.165, 1.54) is 22.3 Å². The van der Waals surface area contributed by atoms with Gasteiger partial charge in [-0.2, -0.15) is 0 Å². The number of nitrogens with one attached hydrogen (secondary N) is 6. The minimum atomic E-state index is 0. The molecule has 4 aromatic rings. The summed E-state index contributed by atoms with van der Waals surface area (Å²) in [5.74, 6) is 0.503. The molecular weight excluding hydrogens is 629 g/mol. The fourth-order valence-electron chi connectivity index (χ4n) is 5.53. The molecule has 0 heterocycles. The van der Waals surface area contributed by atoms with Gasteiger partial charge in [0, 0.05) is 38.0 Å². The van der Waals surface area contributed by atoms with E-state index in [1.807, 2.05) is 0 Å². The first-order chi connectivity index (χ1) is 23.2. The highest BCUT2D eigenvalue weighted by Gasteiger charge is 2.15. The average Bonchev–Trinajstić information content (AvgIpc) is 3.12. The molecule has 0 amide bonds. The zero-order valence-electron chi connectivity index (χ0n) is 27.3. The van der Waals surface area contributed by atoms with Gasteiger partial charge in [-0.25, -0.2) is 0 Å². The quantitative estimate of drug-likeness (QED) is 0.0463. The summed E-state index contributed by atoms with van der Waals surface area (Å²) >= 11 is 11.1. The maximum Gasteiger partial charge on any atom is 0.166 e. The van der Waals surface area contributed by atoms with Crippen LogP contribution in [0.15, 0.2) is 121 Å². The van der Waals surface area contributed by atoms with E-state index in [-0.39, 0.29) is 19.3 Å². The van der Waals surface area contributed by atoms with Crippen LogP contribution >= 0.6 is 24.4 Å². The normalized spacial score (nSPS) is 10.7. The Bertz CT molecular complexity index is 1220. The summed E-state index contributed by atoms with van der Waals surface area (Å²) in [6, 6.07) is 42.4. The molecule has 0 bridgehead atoms. The SMILES string of the molecule is C.S=C(NCCCNCCCNCCCNC(=S)NCC(c1ccccc1)c1ccccc1)NCC(c1ccccc1)c1ccccc1. The van der Waals surface area contributed by atoms with Crippen molar-refractivity contribution in [1.82, 2.24) is 31.9 Å². The van der Waals surface area contributed by atoms with Gasteiger partial charge in [-0.05, 0) is 92.1 Å². The molecule has 6 nitrogen and oxygen atoms in total. The summed E-state index contributed by atoms with van der Waals surface area (Å²) in [5, 5.41) is 22.0. The Morgan fingerprint density at radius 1 is 0.396 bits per heavy atom. The Morgan fingerprint density at radius 2 is 0.667 bits per heavy atom. The third-order valence-corrected chi connectivity index (χ3v) is 8.66. The monoisotopic (exact) mass is 682 g/mol. The predicted octanol–water partition coefficient (Wildman–Crippen LogP) is 6.56. The molecule has 48 heavy (non-hydrogen) atoms.